The van der Waals surface area contributed by atoms with Gasteiger partial charge < -0.3 is 30.7 Å². The van der Waals surface area contributed by atoms with Gasteiger partial charge in [0.25, 0.3) is 6.02 Å². The van der Waals surface area contributed by atoms with Crippen molar-refractivity contribution in [2.75, 3.05) is 31.2 Å². The number of amides is 1. The molecule has 1 aromatic rings. The lowest BCUT2D eigenvalue weighted by Crippen LogP contribution is -2.36. The number of benzene rings is 1. The molecule has 1 aromatic carbocycles. The Kier molecular flexibility index (Phi) is 6.46. The molecule has 1 saturated heterocycles. The number of allylic oxidation sites excluding steroid dienone is 2. The number of ether oxygens (including phenoxy) is 2. The van der Waals surface area contributed by atoms with Gasteiger partial charge in [-0.05, 0) is 55.4 Å². The molecule has 0 bridgehead atoms. The van der Waals surface area contributed by atoms with E-state index in [9.17, 15) is 4.79 Å². The molecule has 0 aromatic heterocycles. The summed E-state index contributed by atoms with van der Waals surface area (Å²) in [5, 5.41) is 7.33. The molecule has 0 spiro atoms. The molecule has 9 heteroatoms. The molecular weight excluding hydrogens is 442 g/mol. The standard InChI is InChI=1S/C24H30ClN5O3/c25-19-14-20-23(29-24(27-20)33-18-7-1-15(2-8-18)13-21(26)31)28-22(19)16-3-5-17(6-4-16)30-9-11-32-12-10-30/h3-6,14-15,18,23,28H,1-2,7-13H2,(H2,26,31)(H,27,29). The molecule has 5 rings (SSSR count). The first-order valence-electron chi connectivity index (χ1n) is 11.7. The number of morpholine rings is 1. The molecule has 1 atom stereocenters. The largest absolute Gasteiger partial charge is 0.462 e. The lowest BCUT2D eigenvalue weighted by Gasteiger charge is -2.29. The molecule has 3 aliphatic heterocycles. The number of nitrogens with two attached hydrogens (primary N) is 1. The Morgan fingerprint density at radius 2 is 1.91 bits per heavy atom. The van der Waals surface area contributed by atoms with Crippen LogP contribution in [0, 0.1) is 5.92 Å². The quantitative estimate of drug-likeness (QED) is 0.610. The van der Waals surface area contributed by atoms with E-state index >= 15 is 0 Å². The minimum atomic E-state index is -0.248. The number of fused-ring (bicyclic) bond motifs is 1. The van der Waals surface area contributed by atoms with Crippen LogP contribution in [0.1, 0.15) is 37.7 Å². The maximum Gasteiger partial charge on any atom is 0.291 e. The number of hydrogen-bond donors (Lipinski definition) is 3. The maximum atomic E-state index is 11.1. The van der Waals surface area contributed by atoms with Crippen molar-refractivity contribution in [2.24, 2.45) is 16.6 Å². The predicted octanol–water partition coefficient (Wildman–Crippen LogP) is 2.65. The summed E-state index contributed by atoms with van der Waals surface area (Å²) < 4.78 is 11.6. The van der Waals surface area contributed by atoms with Crippen molar-refractivity contribution in [1.29, 1.82) is 0 Å². The van der Waals surface area contributed by atoms with Crippen LogP contribution in [0.15, 0.2) is 46.1 Å². The first kappa shape index (κ1) is 22.1. The van der Waals surface area contributed by atoms with Gasteiger partial charge in [0, 0.05) is 25.2 Å². The molecule has 1 saturated carbocycles. The van der Waals surface area contributed by atoms with Crippen molar-refractivity contribution in [3.63, 3.8) is 0 Å². The van der Waals surface area contributed by atoms with E-state index in [0.717, 1.165) is 68.9 Å². The molecule has 4 aliphatic rings. The summed E-state index contributed by atoms with van der Waals surface area (Å²) >= 11 is 6.61. The van der Waals surface area contributed by atoms with Crippen molar-refractivity contribution >= 4 is 34.9 Å². The summed E-state index contributed by atoms with van der Waals surface area (Å²) in [5.74, 6) is 0.146. The SMILES string of the molecule is NC(=O)CC1CCC(OC2=NC3NC(c4ccc(N5CCOCC5)cc4)=C(Cl)C=C3N2)CC1. The molecule has 176 valence electrons. The molecule has 33 heavy (non-hydrogen) atoms. The van der Waals surface area contributed by atoms with Crippen molar-refractivity contribution in [1.82, 2.24) is 10.6 Å². The number of amidine groups is 1. The highest BCUT2D eigenvalue weighted by Crippen LogP contribution is 2.32. The fraction of sp³-hybridized carbons (Fsp3) is 0.500. The summed E-state index contributed by atoms with van der Waals surface area (Å²) in [5.41, 5.74) is 9.27. The summed E-state index contributed by atoms with van der Waals surface area (Å²) in [6.45, 7) is 3.34. The Morgan fingerprint density at radius 1 is 1.18 bits per heavy atom. The highest BCUT2D eigenvalue weighted by Gasteiger charge is 2.31. The molecule has 8 nitrogen and oxygen atoms in total. The lowest BCUT2D eigenvalue weighted by molar-refractivity contribution is -0.119. The van der Waals surface area contributed by atoms with Gasteiger partial charge in [-0.2, -0.15) is 0 Å². The molecule has 1 amide bonds. The average Bonchev–Trinajstić information content (AvgIpc) is 3.21. The van der Waals surface area contributed by atoms with Gasteiger partial charge in [-0.15, -0.1) is 0 Å². The average molecular weight is 472 g/mol. The predicted molar refractivity (Wildman–Crippen MR) is 128 cm³/mol. The van der Waals surface area contributed by atoms with Gasteiger partial charge in [0.15, 0.2) is 6.17 Å². The Labute approximate surface area is 198 Å². The zero-order chi connectivity index (χ0) is 22.8. The number of carbonyl (C=O) groups excluding carboxylic acids is 1. The second-order valence-electron chi connectivity index (χ2n) is 9.01. The first-order chi connectivity index (χ1) is 16.0. The van der Waals surface area contributed by atoms with E-state index in [1.54, 1.807) is 0 Å². The van der Waals surface area contributed by atoms with Crippen LogP contribution in [0.25, 0.3) is 5.70 Å². The number of dihydropyridines is 1. The van der Waals surface area contributed by atoms with Crippen molar-refractivity contribution in [3.8, 4) is 0 Å². The number of rotatable bonds is 5. The number of nitrogens with one attached hydrogen (secondary N) is 2. The van der Waals surface area contributed by atoms with E-state index in [1.165, 1.54) is 5.69 Å². The Bertz CT molecular complexity index is 976. The Balaban J connectivity index is 1.20. The van der Waals surface area contributed by atoms with Crippen LogP contribution in [0.4, 0.5) is 5.69 Å². The highest BCUT2D eigenvalue weighted by atomic mass is 35.5. The molecular formula is C24H30ClN5O3. The number of halogens is 1. The number of aliphatic imine (C=N–C) groups is 1. The number of carbonyl (C=O) groups is 1. The summed E-state index contributed by atoms with van der Waals surface area (Å²) in [6.07, 6.45) is 5.92. The normalized spacial score (nSPS) is 27.2. The monoisotopic (exact) mass is 471 g/mol. The summed E-state index contributed by atoms with van der Waals surface area (Å²) in [4.78, 5) is 18.2. The Morgan fingerprint density at radius 3 is 2.61 bits per heavy atom. The van der Waals surface area contributed by atoms with Crippen LogP contribution in [-0.4, -0.2) is 50.5 Å². The summed E-state index contributed by atoms with van der Waals surface area (Å²) in [6, 6.07) is 8.94. The minimum Gasteiger partial charge on any atom is -0.462 e. The topological polar surface area (TPSA) is 101 Å². The smallest absolute Gasteiger partial charge is 0.291 e. The van der Waals surface area contributed by atoms with Gasteiger partial charge in [0.05, 0.1) is 29.6 Å². The molecule has 3 heterocycles. The zero-order valence-electron chi connectivity index (χ0n) is 18.6. The third-order valence-corrected chi connectivity index (χ3v) is 6.99. The van der Waals surface area contributed by atoms with Gasteiger partial charge in [0.1, 0.15) is 6.10 Å². The van der Waals surface area contributed by atoms with Crippen LogP contribution in [0.5, 0.6) is 0 Å². The van der Waals surface area contributed by atoms with E-state index in [-0.39, 0.29) is 18.2 Å². The van der Waals surface area contributed by atoms with Crippen LogP contribution in [-0.2, 0) is 14.3 Å². The summed E-state index contributed by atoms with van der Waals surface area (Å²) in [7, 11) is 0. The van der Waals surface area contributed by atoms with Gasteiger partial charge in [0.2, 0.25) is 5.91 Å². The van der Waals surface area contributed by atoms with Gasteiger partial charge in [-0.3, -0.25) is 4.79 Å². The molecule has 2 fully saturated rings. The number of hydrogen-bond acceptors (Lipinski definition) is 7. The molecule has 1 aliphatic carbocycles. The number of anilines is 1. The van der Waals surface area contributed by atoms with E-state index in [0.29, 0.717) is 23.4 Å². The van der Waals surface area contributed by atoms with Crippen LogP contribution >= 0.6 is 11.6 Å². The third kappa shape index (κ3) is 5.12. The molecule has 4 N–H and O–H groups in total. The minimum absolute atomic E-state index is 0.0942. The van der Waals surface area contributed by atoms with Crippen molar-refractivity contribution < 1.29 is 14.3 Å². The number of nitrogens with zero attached hydrogens (tertiary/aromatic N) is 2. The van der Waals surface area contributed by atoms with Gasteiger partial charge in [-0.1, -0.05) is 23.7 Å². The molecule has 0 radical (unpaired) electrons. The second kappa shape index (κ2) is 9.65. The van der Waals surface area contributed by atoms with E-state index < -0.39 is 0 Å². The van der Waals surface area contributed by atoms with Gasteiger partial charge >= 0.3 is 0 Å². The fourth-order valence-corrected chi connectivity index (χ4v) is 5.17. The highest BCUT2D eigenvalue weighted by molar-refractivity contribution is 6.34. The lowest BCUT2D eigenvalue weighted by atomic mass is 9.85. The molecule has 1 unspecified atom stereocenters. The zero-order valence-corrected chi connectivity index (χ0v) is 19.3. The van der Waals surface area contributed by atoms with Crippen LogP contribution in [0.3, 0.4) is 0 Å². The van der Waals surface area contributed by atoms with E-state index in [1.807, 2.05) is 6.08 Å². The number of primary amides is 1. The van der Waals surface area contributed by atoms with Crippen molar-refractivity contribution in [2.45, 2.75) is 44.4 Å². The van der Waals surface area contributed by atoms with Crippen LogP contribution < -0.4 is 21.3 Å². The van der Waals surface area contributed by atoms with E-state index in [4.69, 9.17) is 26.8 Å². The fourth-order valence-electron chi connectivity index (χ4n) is 4.89. The van der Waals surface area contributed by atoms with Crippen LogP contribution in [0.2, 0.25) is 0 Å². The second-order valence-corrected chi connectivity index (χ2v) is 9.41. The maximum absolute atomic E-state index is 11.1. The third-order valence-electron chi connectivity index (χ3n) is 6.69. The van der Waals surface area contributed by atoms with Gasteiger partial charge in [-0.25, -0.2) is 4.99 Å². The van der Waals surface area contributed by atoms with E-state index in [2.05, 4.69) is 44.8 Å². The first-order valence-corrected chi connectivity index (χ1v) is 12.0. The van der Waals surface area contributed by atoms with Crippen molar-refractivity contribution in [3.05, 3.63) is 46.6 Å². The Hall–Kier alpha value is -2.71.